The van der Waals surface area contributed by atoms with Gasteiger partial charge in [0.2, 0.25) is 0 Å². The van der Waals surface area contributed by atoms with Gasteiger partial charge in [0.1, 0.15) is 6.07 Å². The van der Waals surface area contributed by atoms with Crippen LogP contribution in [-0.2, 0) is 16.2 Å². The van der Waals surface area contributed by atoms with E-state index in [1.165, 1.54) is 11.1 Å². The van der Waals surface area contributed by atoms with Crippen molar-refractivity contribution < 1.29 is 17.8 Å². The number of aromatic nitrogens is 3. The highest BCUT2D eigenvalue weighted by molar-refractivity contribution is 7.00. The van der Waals surface area contributed by atoms with Crippen LogP contribution in [0.4, 0.5) is 34.1 Å². The van der Waals surface area contributed by atoms with Gasteiger partial charge < -0.3 is 23.5 Å². The van der Waals surface area contributed by atoms with Crippen molar-refractivity contribution >= 4 is 123 Å². The van der Waals surface area contributed by atoms with Crippen LogP contribution >= 0.6 is 0 Å². The molecular formula is C97H77BN6. The smallest absolute Gasteiger partial charge is 0.252 e. The van der Waals surface area contributed by atoms with E-state index in [0.717, 1.165) is 105 Å². The fraction of sp³-hybridized carbons (Fsp3) is 0.124. The molecule has 0 fully saturated rings. The Labute approximate surface area is 626 Å². The predicted molar refractivity (Wildman–Crippen MR) is 441 cm³/mol. The Morgan fingerprint density at radius 3 is 1.33 bits per heavy atom. The van der Waals surface area contributed by atoms with Gasteiger partial charge in [0.05, 0.1) is 62.2 Å². The fourth-order valence-corrected chi connectivity index (χ4v) is 16.3. The SMILES string of the molecule is [2H]c1c([2H])c([2H])c(-c2ccccc2-c2cc(-c3ccccc3)cc(N3c4cc(-n5c6c([2H])c([2H])c([2H])c([2H])c6c6c([2H])c([2H])c([2H])c([2H])c65)ccc4B4c5ccc(-n6c7ccc(C(C)(C)C)cc7c7cc(C(C)(C)C)ccc76)cc5N(c5ccc(C#N)c(-n6c7ccccc7c7ccccc76)c5)c5cc(C(C)(C)C)cc3c54)c2)c([2H])c1[2H]. The van der Waals surface area contributed by atoms with Gasteiger partial charge in [-0.25, -0.2) is 0 Å². The molecule has 6 nitrogen and oxygen atoms in total. The van der Waals surface area contributed by atoms with Crippen LogP contribution in [0.1, 0.15) is 102 Å². The summed E-state index contributed by atoms with van der Waals surface area (Å²) in [7, 11) is 0. The summed E-state index contributed by atoms with van der Waals surface area (Å²) in [5, 5.41) is 15.7. The van der Waals surface area contributed by atoms with Crippen LogP contribution in [0.2, 0.25) is 0 Å². The van der Waals surface area contributed by atoms with E-state index in [4.69, 9.17) is 6.85 Å². The predicted octanol–water partition coefficient (Wildman–Crippen LogP) is 23.8. The first kappa shape index (κ1) is 50.1. The van der Waals surface area contributed by atoms with Gasteiger partial charge in [-0.2, -0.15) is 5.26 Å². The van der Waals surface area contributed by atoms with E-state index in [0.29, 0.717) is 45.0 Å². The van der Waals surface area contributed by atoms with E-state index in [-0.39, 0.29) is 50.3 Å². The van der Waals surface area contributed by atoms with Crippen molar-refractivity contribution in [2.24, 2.45) is 0 Å². The summed E-state index contributed by atoms with van der Waals surface area (Å²) in [6, 6.07) is 73.5. The molecule has 0 unspecified atom stereocenters. The van der Waals surface area contributed by atoms with Crippen molar-refractivity contribution in [2.45, 2.75) is 78.6 Å². The van der Waals surface area contributed by atoms with Crippen LogP contribution in [0.15, 0.2) is 303 Å². The third-order valence-corrected chi connectivity index (χ3v) is 21.4. The van der Waals surface area contributed by atoms with Gasteiger partial charge in [0, 0.05) is 77.8 Å². The molecule has 0 atom stereocenters. The number of nitriles is 1. The molecule has 2 aliphatic heterocycles. The Morgan fingerprint density at radius 2 is 0.769 bits per heavy atom. The summed E-state index contributed by atoms with van der Waals surface area (Å²) < 4.78 is 127. The second-order valence-corrected chi connectivity index (χ2v) is 30.7. The van der Waals surface area contributed by atoms with Crippen LogP contribution in [0.25, 0.3) is 116 Å². The highest BCUT2D eigenvalue weighted by Gasteiger charge is 2.45. The van der Waals surface area contributed by atoms with E-state index >= 15 is 0 Å². The number of hydrogen-bond acceptors (Lipinski definition) is 3. The molecule has 498 valence electrons. The summed E-state index contributed by atoms with van der Waals surface area (Å²) in [5.74, 6) is 0. The lowest BCUT2D eigenvalue weighted by Gasteiger charge is -2.45. The normalized spacial score (nSPS) is 14.7. The van der Waals surface area contributed by atoms with Gasteiger partial charge in [0.25, 0.3) is 6.71 Å². The molecule has 0 saturated heterocycles. The van der Waals surface area contributed by atoms with Crippen molar-refractivity contribution in [1.29, 1.82) is 5.26 Å². The molecule has 0 amide bonds. The Hall–Kier alpha value is -12.4. The average Bonchev–Trinajstić information content (AvgIpc) is 1.68. The maximum atomic E-state index is 11.5. The molecule has 0 N–H and O–H groups in total. The maximum Gasteiger partial charge on any atom is 0.252 e. The molecular weight excluding hydrogens is 1260 g/mol. The quantitative estimate of drug-likeness (QED) is 0.142. The summed E-state index contributed by atoms with van der Waals surface area (Å²) in [4.78, 5) is 4.59. The molecule has 19 rings (SSSR count). The number of nitrogens with zero attached hydrogens (tertiary/aromatic N) is 6. The number of fused-ring (bicyclic) bond motifs is 13. The lowest BCUT2D eigenvalue weighted by molar-refractivity contribution is 0.590. The minimum absolute atomic E-state index is 0.0293. The summed E-state index contributed by atoms with van der Waals surface area (Å²) in [6.07, 6.45) is 0. The molecule has 17 aromatic rings. The van der Waals surface area contributed by atoms with Crippen LogP contribution in [0.5, 0.6) is 0 Å². The van der Waals surface area contributed by atoms with Crippen LogP contribution < -0.4 is 26.2 Å². The van der Waals surface area contributed by atoms with E-state index in [1.54, 1.807) is 16.7 Å². The van der Waals surface area contributed by atoms with Gasteiger partial charge in [0.15, 0.2) is 0 Å². The molecule has 7 heteroatoms. The van der Waals surface area contributed by atoms with Gasteiger partial charge in [-0.05, 0) is 204 Å². The zero-order chi connectivity index (χ0) is 82.0. The molecule has 0 bridgehead atoms. The zero-order valence-electron chi connectivity index (χ0n) is 72.1. The number of hydrogen-bond donors (Lipinski definition) is 0. The van der Waals surface area contributed by atoms with Gasteiger partial charge in [-0.15, -0.1) is 0 Å². The second-order valence-electron chi connectivity index (χ2n) is 30.7. The van der Waals surface area contributed by atoms with Crippen molar-refractivity contribution in [1.82, 2.24) is 13.7 Å². The Bertz CT molecular complexity index is 7060. The standard InChI is InChI=1S/C97H77BN6/c1-95(2,3)66-41-48-87-79(53-66)80-54-67(96(4,5)6)42-49-88(80)101(87)71-45-46-81-90(58-71)102(69-43-40-63(60-99)89(57-69)104-85-38-24-20-34-77(85)78-35-21-25-39-86(78)104)92-55-68(97(7,8)9)56-93-94(92)98(81)82-47-44-70(100-83-36-22-18-32-75(83)76-33-19-23-37-84(76)100)59-91(82)103(93)72-51-64(61-26-12-10-13-27-61)50-65(52-72)74-31-17-16-30-73(74)62-28-14-11-15-29-62/h10-59H,1-9H3/i11D,14D,15D,18D,19D,22D,23D,28D,29D,32D,33D,36D,37D. The number of para-hydroxylation sites is 4. The molecule has 2 aliphatic rings. The topological polar surface area (TPSA) is 45.1 Å². The molecule has 3 aromatic heterocycles. The van der Waals surface area contributed by atoms with E-state index in [1.807, 2.05) is 97.1 Å². The highest BCUT2D eigenvalue weighted by atomic mass is 15.2. The van der Waals surface area contributed by atoms with Crippen LogP contribution in [-0.4, -0.2) is 20.4 Å². The molecule has 0 spiro atoms. The monoisotopic (exact) mass is 1350 g/mol. The lowest BCUT2D eigenvalue weighted by atomic mass is 9.33. The van der Waals surface area contributed by atoms with Gasteiger partial charge >= 0.3 is 0 Å². The molecule has 14 aromatic carbocycles. The first-order valence-electron chi connectivity index (χ1n) is 41.9. The van der Waals surface area contributed by atoms with Crippen molar-refractivity contribution in [3.8, 4) is 56.5 Å². The molecule has 0 saturated carbocycles. The largest absolute Gasteiger partial charge is 0.311 e. The first-order chi connectivity index (χ1) is 55.8. The summed E-state index contributed by atoms with van der Waals surface area (Å²) in [5.41, 5.74) is 18.8. The first-order valence-corrected chi connectivity index (χ1v) is 35.4. The summed E-state index contributed by atoms with van der Waals surface area (Å²) in [6.45, 7) is 19.4. The third kappa shape index (κ3) is 9.83. The third-order valence-electron chi connectivity index (χ3n) is 21.4. The second kappa shape index (κ2) is 23.3. The van der Waals surface area contributed by atoms with Gasteiger partial charge in [-0.1, -0.05) is 244 Å². The maximum absolute atomic E-state index is 11.5. The van der Waals surface area contributed by atoms with Crippen LogP contribution in [0, 0.1) is 11.3 Å². The molecule has 0 radical (unpaired) electrons. The van der Waals surface area contributed by atoms with Crippen molar-refractivity contribution in [3.05, 3.63) is 325 Å². The molecule has 104 heavy (non-hydrogen) atoms. The Kier molecular flexibility index (Phi) is 11.2. The molecule has 0 aliphatic carbocycles. The van der Waals surface area contributed by atoms with Crippen LogP contribution in [0.3, 0.4) is 0 Å². The average molecular weight is 1350 g/mol. The molecule has 5 heterocycles. The number of anilines is 6. The lowest BCUT2D eigenvalue weighted by Crippen LogP contribution is -2.61. The van der Waals surface area contributed by atoms with Crippen molar-refractivity contribution in [3.63, 3.8) is 0 Å². The zero-order valence-corrected chi connectivity index (χ0v) is 59.1. The highest BCUT2D eigenvalue weighted by Crippen LogP contribution is 2.51. The van der Waals surface area contributed by atoms with E-state index < -0.39 is 78.6 Å². The van der Waals surface area contributed by atoms with E-state index in [9.17, 15) is 16.2 Å². The number of rotatable bonds is 8. The minimum atomic E-state index is -0.615. The van der Waals surface area contributed by atoms with E-state index in [2.05, 4.69) is 203 Å². The summed E-state index contributed by atoms with van der Waals surface area (Å²) >= 11 is 0. The minimum Gasteiger partial charge on any atom is -0.311 e. The fourth-order valence-electron chi connectivity index (χ4n) is 16.3. The number of benzene rings is 14. The van der Waals surface area contributed by atoms with Crippen molar-refractivity contribution in [2.75, 3.05) is 9.80 Å². The Morgan fingerprint density at radius 1 is 0.308 bits per heavy atom. The Balaban J connectivity index is 0.967. The van der Waals surface area contributed by atoms with Gasteiger partial charge in [-0.3, -0.25) is 0 Å².